The van der Waals surface area contributed by atoms with Gasteiger partial charge in [-0.05, 0) is 69.9 Å². The lowest BCUT2D eigenvalue weighted by molar-refractivity contribution is -0.206. The average Bonchev–Trinajstić information content (AvgIpc) is 3.17. The predicted octanol–water partition coefficient (Wildman–Crippen LogP) is 9.54. The molecule has 2 aliphatic rings. The van der Waals surface area contributed by atoms with Crippen LogP contribution in [0.15, 0.2) is 145 Å². The Morgan fingerprint density at radius 1 is 0.929 bits per heavy atom. The number of benzene rings is 3. The quantitative estimate of drug-likeness (QED) is 0.0865. The van der Waals surface area contributed by atoms with Crippen LogP contribution in [0.25, 0.3) is 0 Å². The molecule has 0 saturated heterocycles. The first-order valence-corrected chi connectivity index (χ1v) is 21.5. The molecule has 0 aromatic heterocycles. The van der Waals surface area contributed by atoms with Crippen molar-refractivity contribution in [1.82, 2.24) is 0 Å². The Kier molecular flexibility index (Phi) is 14.2. The number of hydrogen-bond acceptors (Lipinski definition) is 7. The van der Waals surface area contributed by atoms with Crippen molar-refractivity contribution in [3.63, 3.8) is 0 Å². The fourth-order valence-corrected chi connectivity index (χ4v) is 12.4. The molecule has 0 radical (unpaired) electrons. The molecule has 4 atom stereocenters. The van der Waals surface area contributed by atoms with Crippen LogP contribution in [0.5, 0.6) is 5.75 Å². The minimum Gasteiger partial charge on any atom is -0.486 e. The summed E-state index contributed by atoms with van der Waals surface area (Å²) in [7, 11) is -1.43. The maximum Gasteiger partial charge on any atom is 0.341 e. The first-order valence-electron chi connectivity index (χ1n) is 19.6. The first kappa shape index (κ1) is 42.2. The zero-order chi connectivity index (χ0) is 40.3. The third kappa shape index (κ3) is 10.5. The third-order valence-corrected chi connectivity index (χ3v) is 15.6. The number of hydrogen-bond donors (Lipinski definition) is 0. The molecule has 5 rings (SSSR count). The highest BCUT2D eigenvalue weighted by Gasteiger charge is 2.50. The van der Waals surface area contributed by atoms with E-state index >= 15 is 0 Å². The molecule has 0 N–H and O–H groups in total. The van der Waals surface area contributed by atoms with Crippen molar-refractivity contribution in [2.24, 2.45) is 17.8 Å². The first-order chi connectivity index (χ1) is 26.8. The molecular weight excluding hydrogens is 717 g/mol. The standard InChI is InChI=1S/C48H58O7Si/c1-9-10-11-14-19-37-32-35(2)24-29-41(37)43(30-31-44-42(33-45(49)51-8)46(50)55-48(6,7)54-44)53-38-27-25-36(26-28-38)34-52-56(47(3,4)5,39-20-15-12-16-21-39)40-22-17-13-18-23-40/h9-23,25-28,30-31,35,37,41,43H,1,24,29,32-34H2,2-8H3/b11-10+,19-14+,31-30+. The molecule has 1 aliphatic heterocycles. The van der Waals surface area contributed by atoms with E-state index in [4.69, 9.17) is 23.4 Å². The number of methoxy groups -OCH3 is 1. The molecule has 8 heteroatoms. The molecule has 7 nitrogen and oxygen atoms in total. The highest BCUT2D eigenvalue weighted by Crippen LogP contribution is 2.40. The summed E-state index contributed by atoms with van der Waals surface area (Å²) in [6.45, 7) is 16.7. The van der Waals surface area contributed by atoms with Gasteiger partial charge in [-0.3, -0.25) is 4.79 Å². The van der Waals surface area contributed by atoms with E-state index in [1.807, 2.05) is 30.4 Å². The molecule has 56 heavy (non-hydrogen) atoms. The fraction of sp³-hybridized carbons (Fsp3) is 0.375. The Morgan fingerprint density at radius 2 is 1.57 bits per heavy atom. The summed E-state index contributed by atoms with van der Waals surface area (Å²) in [4.78, 5) is 25.4. The lowest BCUT2D eigenvalue weighted by atomic mass is 9.72. The monoisotopic (exact) mass is 774 g/mol. The van der Waals surface area contributed by atoms with Crippen molar-refractivity contribution in [3.05, 3.63) is 151 Å². The third-order valence-electron chi connectivity index (χ3n) is 10.6. The van der Waals surface area contributed by atoms with Crippen molar-refractivity contribution in [2.45, 2.75) is 90.8 Å². The summed E-state index contributed by atoms with van der Waals surface area (Å²) in [6.07, 6.45) is 16.1. The second-order valence-corrected chi connectivity index (χ2v) is 20.6. The Morgan fingerprint density at radius 3 is 2.16 bits per heavy atom. The molecule has 0 bridgehead atoms. The summed E-state index contributed by atoms with van der Waals surface area (Å²) >= 11 is 0. The Hall–Kier alpha value is -4.92. The lowest BCUT2D eigenvalue weighted by Gasteiger charge is -2.43. The van der Waals surface area contributed by atoms with E-state index in [0.717, 1.165) is 30.6 Å². The minimum absolute atomic E-state index is 0.111. The number of rotatable bonds is 15. The number of cyclic esters (lactones) is 1. The maximum atomic E-state index is 13.1. The van der Waals surface area contributed by atoms with Gasteiger partial charge in [0.2, 0.25) is 5.79 Å². The van der Waals surface area contributed by atoms with E-state index < -0.39 is 26.0 Å². The van der Waals surface area contributed by atoms with E-state index in [9.17, 15) is 9.59 Å². The van der Waals surface area contributed by atoms with Crippen LogP contribution in [0.1, 0.15) is 72.8 Å². The van der Waals surface area contributed by atoms with Crippen LogP contribution in [0, 0.1) is 17.8 Å². The zero-order valence-corrected chi connectivity index (χ0v) is 35.0. The van der Waals surface area contributed by atoms with Crippen molar-refractivity contribution >= 4 is 30.6 Å². The zero-order valence-electron chi connectivity index (χ0n) is 34.0. The van der Waals surface area contributed by atoms with Gasteiger partial charge in [0.15, 0.2) is 0 Å². The van der Waals surface area contributed by atoms with Gasteiger partial charge in [0, 0.05) is 19.8 Å². The average molecular weight is 775 g/mol. The molecular formula is C48H58O7Si. The summed E-state index contributed by atoms with van der Waals surface area (Å²) in [5.41, 5.74) is 1.16. The van der Waals surface area contributed by atoms with Crippen molar-refractivity contribution in [3.8, 4) is 5.75 Å². The van der Waals surface area contributed by atoms with Gasteiger partial charge >= 0.3 is 11.9 Å². The molecule has 0 amide bonds. The number of carbonyl (C=O) groups excluding carboxylic acids is 2. The summed E-state index contributed by atoms with van der Waals surface area (Å²) in [5.74, 6) is -0.460. The highest BCUT2D eigenvalue weighted by molar-refractivity contribution is 6.99. The van der Waals surface area contributed by atoms with Crippen LogP contribution in [0.2, 0.25) is 5.04 Å². The van der Waals surface area contributed by atoms with Gasteiger partial charge in [-0.1, -0.05) is 144 Å². The minimum atomic E-state index is -2.72. The number of carbonyl (C=O) groups is 2. The van der Waals surface area contributed by atoms with Crippen LogP contribution in [-0.2, 0) is 34.8 Å². The van der Waals surface area contributed by atoms with Gasteiger partial charge in [-0.2, -0.15) is 0 Å². The fourth-order valence-electron chi connectivity index (χ4n) is 7.90. The van der Waals surface area contributed by atoms with Gasteiger partial charge in [0.05, 0.1) is 25.7 Å². The van der Waals surface area contributed by atoms with Crippen molar-refractivity contribution in [2.75, 3.05) is 7.11 Å². The van der Waals surface area contributed by atoms with Crippen LogP contribution in [0.4, 0.5) is 0 Å². The molecule has 0 spiro atoms. The lowest BCUT2D eigenvalue weighted by Crippen LogP contribution is -2.66. The highest BCUT2D eigenvalue weighted by atomic mass is 28.4. The van der Waals surface area contributed by atoms with E-state index in [2.05, 4.69) is 119 Å². The molecule has 1 saturated carbocycles. The molecule has 1 heterocycles. The molecule has 4 unspecified atom stereocenters. The van der Waals surface area contributed by atoms with Crippen LogP contribution < -0.4 is 15.1 Å². The molecule has 3 aromatic carbocycles. The summed E-state index contributed by atoms with van der Waals surface area (Å²) < 4.78 is 30.6. The van der Waals surface area contributed by atoms with E-state index in [1.54, 1.807) is 26.0 Å². The molecule has 3 aromatic rings. The van der Waals surface area contributed by atoms with Crippen molar-refractivity contribution in [1.29, 1.82) is 0 Å². The van der Waals surface area contributed by atoms with Crippen LogP contribution >= 0.6 is 0 Å². The molecule has 1 aliphatic carbocycles. The van der Waals surface area contributed by atoms with Crippen molar-refractivity contribution < 1.29 is 33.0 Å². The normalized spacial score (nSPS) is 20.8. The van der Waals surface area contributed by atoms with Gasteiger partial charge < -0.3 is 23.4 Å². The predicted molar refractivity (Wildman–Crippen MR) is 226 cm³/mol. The van der Waals surface area contributed by atoms with Gasteiger partial charge in [0.25, 0.3) is 8.32 Å². The molecule has 1 fully saturated rings. The Balaban J connectivity index is 1.47. The van der Waals surface area contributed by atoms with Gasteiger partial charge in [0.1, 0.15) is 17.6 Å². The van der Waals surface area contributed by atoms with Gasteiger partial charge in [-0.25, -0.2) is 4.79 Å². The van der Waals surface area contributed by atoms with E-state index in [0.29, 0.717) is 12.5 Å². The summed E-state index contributed by atoms with van der Waals surface area (Å²) in [5, 5.41) is 2.34. The number of esters is 2. The smallest absolute Gasteiger partial charge is 0.341 e. The molecule has 296 valence electrons. The van der Waals surface area contributed by atoms with E-state index in [1.165, 1.54) is 17.5 Å². The largest absolute Gasteiger partial charge is 0.486 e. The van der Waals surface area contributed by atoms with E-state index in [-0.39, 0.29) is 40.7 Å². The Labute approximate surface area is 334 Å². The second-order valence-electron chi connectivity index (χ2n) is 16.3. The second kappa shape index (κ2) is 18.8. The number of allylic oxidation sites excluding steroid dienone is 6. The number of ether oxygens (including phenoxy) is 4. The SMILES string of the molecule is C=C/C=C/C=C/C1CC(C)CCC1C(/C=C/C1=C(CC(=O)OC)C(=O)OC(C)(C)O1)Oc1ccc(CO[Si](c2ccccc2)(c2ccccc2)C(C)(C)C)cc1. The summed E-state index contributed by atoms with van der Waals surface area (Å²) in [6, 6.07) is 29.5. The Bertz CT molecular complexity index is 1860. The topological polar surface area (TPSA) is 80.3 Å². The van der Waals surface area contributed by atoms with Gasteiger partial charge in [-0.15, -0.1) is 0 Å². The maximum absolute atomic E-state index is 13.1. The van der Waals surface area contributed by atoms with Crippen LogP contribution in [0.3, 0.4) is 0 Å². The van der Waals surface area contributed by atoms with Crippen LogP contribution in [-0.4, -0.2) is 39.3 Å².